The van der Waals surface area contributed by atoms with Gasteiger partial charge in [-0.3, -0.25) is 4.99 Å². The Morgan fingerprint density at radius 1 is 1.39 bits per heavy atom. The zero-order valence-electron chi connectivity index (χ0n) is 13.0. The fraction of sp³-hybridized carbons (Fsp3) is 0.333. The van der Waals surface area contributed by atoms with Gasteiger partial charge in [-0.1, -0.05) is 22.0 Å². The van der Waals surface area contributed by atoms with E-state index in [1.54, 1.807) is 18.4 Å². The van der Waals surface area contributed by atoms with Gasteiger partial charge in [-0.25, -0.2) is 4.98 Å². The average molecular weight is 511 g/mol. The number of thiazole rings is 1. The Kier molecular flexibility index (Phi) is 9.49. The van der Waals surface area contributed by atoms with E-state index in [1.807, 2.05) is 37.4 Å². The van der Waals surface area contributed by atoms with Crippen LogP contribution in [0, 0.1) is 6.92 Å². The van der Waals surface area contributed by atoms with Crippen molar-refractivity contribution in [3.8, 4) is 5.75 Å². The zero-order chi connectivity index (χ0) is 15.8. The topological polar surface area (TPSA) is 58.5 Å². The molecule has 126 valence electrons. The number of aryl methyl sites for hydroxylation is 1. The molecule has 1 aromatic carbocycles. The highest BCUT2D eigenvalue weighted by molar-refractivity contribution is 14.0. The maximum Gasteiger partial charge on any atom is 0.191 e. The van der Waals surface area contributed by atoms with Crippen molar-refractivity contribution in [2.24, 2.45) is 4.99 Å². The normalized spacial score (nSPS) is 10.8. The zero-order valence-corrected chi connectivity index (χ0v) is 17.7. The number of nitrogens with one attached hydrogen (secondary N) is 2. The molecule has 0 saturated heterocycles. The third-order valence-corrected chi connectivity index (χ3v) is 4.17. The standard InChI is InChI=1S/C15H19BrN4OS.HI/c1-11-9-19-14(22-11)10-20-15(17-2)18-6-7-21-13-5-3-4-12(16)8-13;/h3-5,8-9H,6-7,10H2,1-2H3,(H2,17,18,20);1H. The van der Waals surface area contributed by atoms with Crippen molar-refractivity contribution < 1.29 is 4.74 Å². The van der Waals surface area contributed by atoms with E-state index in [1.165, 1.54) is 4.88 Å². The first-order valence-corrected chi connectivity index (χ1v) is 8.52. The SMILES string of the molecule is CN=C(NCCOc1cccc(Br)c1)NCc1ncc(C)s1.I. The molecule has 8 heteroatoms. The van der Waals surface area contributed by atoms with E-state index in [2.05, 4.69) is 36.5 Å². The van der Waals surface area contributed by atoms with E-state index in [-0.39, 0.29) is 24.0 Å². The smallest absolute Gasteiger partial charge is 0.191 e. The molecule has 5 nitrogen and oxygen atoms in total. The third kappa shape index (κ3) is 7.49. The Morgan fingerprint density at radius 3 is 2.87 bits per heavy atom. The van der Waals surface area contributed by atoms with E-state index in [0.717, 1.165) is 21.2 Å². The molecule has 0 spiro atoms. The van der Waals surface area contributed by atoms with Gasteiger partial charge in [-0.15, -0.1) is 35.3 Å². The second kappa shape index (κ2) is 10.8. The molecule has 0 atom stereocenters. The predicted molar refractivity (Wildman–Crippen MR) is 110 cm³/mol. The van der Waals surface area contributed by atoms with Crippen LogP contribution in [0.4, 0.5) is 0 Å². The summed E-state index contributed by atoms with van der Waals surface area (Å²) in [5, 5.41) is 7.49. The molecule has 0 aliphatic carbocycles. The summed E-state index contributed by atoms with van der Waals surface area (Å²) in [6.45, 7) is 3.95. The number of hydrogen-bond donors (Lipinski definition) is 2. The van der Waals surface area contributed by atoms with E-state index in [4.69, 9.17) is 4.74 Å². The summed E-state index contributed by atoms with van der Waals surface area (Å²) in [4.78, 5) is 9.70. The van der Waals surface area contributed by atoms with Crippen molar-refractivity contribution in [3.05, 3.63) is 44.8 Å². The van der Waals surface area contributed by atoms with Crippen LogP contribution in [-0.2, 0) is 6.54 Å². The molecule has 1 heterocycles. The first kappa shape index (κ1) is 20.2. The molecule has 2 N–H and O–H groups in total. The lowest BCUT2D eigenvalue weighted by Crippen LogP contribution is -2.38. The minimum absolute atomic E-state index is 0. The largest absolute Gasteiger partial charge is 0.492 e. The lowest BCUT2D eigenvalue weighted by Gasteiger charge is -2.11. The molecule has 0 amide bonds. The van der Waals surface area contributed by atoms with Gasteiger partial charge in [0, 0.05) is 22.6 Å². The van der Waals surface area contributed by atoms with Gasteiger partial charge in [0.25, 0.3) is 0 Å². The van der Waals surface area contributed by atoms with E-state index in [9.17, 15) is 0 Å². The Bertz CT molecular complexity index is 635. The fourth-order valence-electron chi connectivity index (χ4n) is 1.76. The van der Waals surface area contributed by atoms with Gasteiger partial charge < -0.3 is 15.4 Å². The van der Waals surface area contributed by atoms with Crippen LogP contribution < -0.4 is 15.4 Å². The van der Waals surface area contributed by atoms with Crippen molar-refractivity contribution in [3.63, 3.8) is 0 Å². The highest BCUT2D eigenvalue weighted by Crippen LogP contribution is 2.17. The van der Waals surface area contributed by atoms with Gasteiger partial charge in [0.05, 0.1) is 13.1 Å². The highest BCUT2D eigenvalue weighted by atomic mass is 127. The van der Waals surface area contributed by atoms with Gasteiger partial charge >= 0.3 is 0 Å². The number of hydrogen-bond acceptors (Lipinski definition) is 4. The van der Waals surface area contributed by atoms with E-state index >= 15 is 0 Å². The molecule has 0 aliphatic rings. The summed E-state index contributed by atoms with van der Waals surface area (Å²) < 4.78 is 6.67. The Morgan fingerprint density at radius 2 is 2.22 bits per heavy atom. The van der Waals surface area contributed by atoms with Crippen LogP contribution in [0.25, 0.3) is 0 Å². The summed E-state index contributed by atoms with van der Waals surface area (Å²) in [6.07, 6.45) is 1.88. The summed E-state index contributed by atoms with van der Waals surface area (Å²) in [6, 6.07) is 7.79. The molecule has 0 unspecified atom stereocenters. The molecule has 0 bridgehead atoms. The maximum atomic E-state index is 5.66. The minimum atomic E-state index is 0. The van der Waals surface area contributed by atoms with Crippen molar-refractivity contribution >= 4 is 57.2 Å². The van der Waals surface area contributed by atoms with Crippen LogP contribution in [-0.4, -0.2) is 31.1 Å². The van der Waals surface area contributed by atoms with Crippen LogP contribution in [0.1, 0.15) is 9.88 Å². The van der Waals surface area contributed by atoms with Gasteiger partial charge in [0.2, 0.25) is 0 Å². The maximum absolute atomic E-state index is 5.66. The van der Waals surface area contributed by atoms with Crippen molar-refractivity contribution in [2.75, 3.05) is 20.2 Å². The van der Waals surface area contributed by atoms with Crippen LogP contribution in [0.15, 0.2) is 39.9 Å². The first-order valence-electron chi connectivity index (χ1n) is 6.91. The number of guanidine groups is 1. The number of aliphatic imine (C=N–C) groups is 1. The second-order valence-corrected chi connectivity index (χ2v) is 6.76. The average Bonchev–Trinajstić information content (AvgIpc) is 2.92. The Hall–Kier alpha value is -0.870. The molecule has 2 rings (SSSR count). The van der Waals surface area contributed by atoms with Gasteiger partial charge in [0.15, 0.2) is 5.96 Å². The number of halogens is 2. The molecule has 23 heavy (non-hydrogen) atoms. The van der Waals surface area contributed by atoms with E-state index in [0.29, 0.717) is 19.7 Å². The lowest BCUT2D eigenvalue weighted by molar-refractivity contribution is 0.321. The number of nitrogens with zero attached hydrogens (tertiary/aromatic N) is 2. The highest BCUT2D eigenvalue weighted by Gasteiger charge is 2.01. The van der Waals surface area contributed by atoms with Gasteiger partial charge in [-0.05, 0) is 25.1 Å². The van der Waals surface area contributed by atoms with Crippen molar-refractivity contribution in [2.45, 2.75) is 13.5 Å². The molecular weight excluding hydrogens is 491 g/mol. The third-order valence-electron chi connectivity index (χ3n) is 2.76. The van der Waals surface area contributed by atoms with Crippen molar-refractivity contribution in [1.29, 1.82) is 0 Å². The lowest BCUT2D eigenvalue weighted by atomic mass is 10.3. The van der Waals surface area contributed by atoms with Crippen molar-refractivity contribution in [1.82, 2.24) is 15.6 Å². The second-order valence-electron chi connectivity index (χ2n) is 4.52. The molecule has 0 aliphatic heterocycles. The van der Waals surface area contributed by atoms with Gasteiger partial charge in [-0.2, -0.15) is 0 Å². The molecule has 0 saturated carbocycles. The Labute approximate surface area is 166 Å². The fourth-order valence-corrected chi connectivity index (χ4v) is 2.86. The molecule has 2 aromatic rings. The van der Waals surface area contributed by atoms with Crippen LogP contribution in [0.3, 0.4) is 0 Å². The number of ether oxygens (including phenoxy) is 1. The predicted octanol–water partition coefficient (Wildman–Crippen LogP) is 3.58. The van der Waals surface area contributed by atoms with Crippen LogP contribution >= 0.6 is 51.2 Å². The summed E-state index contributed by atoms with van der Waals surface area (Å²) >= 11 is 5.10. The number of rotatable bonds is 6. The number of aromatic nitrogens is 1. The quantitative estimate of drug-likeness (QED) is 0.270. The van der Waals surface area contributed by atoms with Crippen LogP contribution in [0.2, 0.25) is 0 Å². The minimum Gasteiger partial charge on any atom is -0.492 e. The van der Waals surface area contributed by atoms with E-state index < -0.39 is 0 Å². The first-order chi connectivity index (χ1) is 10.7. The molecule has 1 aromatic heterocycles. The molecule has 0 radical (unpaired) electrons. The molecular formula is C15H20BrIN4OS. The number of benzene rings is 1. The molecule has 0 fully saturated rings. The Balaban J connectivity index is 0.00000264. The van der Waals surface area contributed by atoms with Gasteiger partial charge in [0.1, 0.15) is 17.4 Å². The summed E-state index contributed by atoms with van der Waals surface area (Å²) in [7, 11) is 1.75. The van der Waals surface area contributed by atoms with Crippen LogP contribution in [0.5, 0.6) is 5.75 Å². The summed E-state index contributed by atoms with van der Waals surface area (Å²) in [5.41, 5.74) is 0. The monoisotopic (exact) mass is 510 g/mol. The summed E-state index contributed by atoms with van der Waals surface area (Å²) in [5.74, 6) is 1.59.